The van der Waals surface area contributed by atoms with Crippen molar-refractivity contribution >= 4 is 24.3 Å². The first-order chi connectivity index (χ1) is 12.5. The zero-order valence-electron chi connectivity index (χ0n) is 13.9. The van der Waals surface area contributed by atoms with Crippen LogP contribution in [0.2, 0.25) is 0 Å². The molecule has 4 N–H and O–H groups in total. The van der Waals surface area contributed by atoms with E-state index in [9.17, 15) is 20.4 Å². The number of hydrogen-bond acceptors (Lipinski definition) is 4. The topological polar surface area (TPSA) is 80.9 Å². The van der Waals surface area contributed by atoms with Crippen LogP contribution in [0.1, 0.15) is 22.3 Å². The molecule has 0 aromatic heterocycles. The third-order valence-electron chi connectivity index (χ3n) is 3.72. The van der Waals surface area contributed by atoms with Gasteiger partial charge in [-0.1, -0.05) is 48.6 Å². The normalized spacial score (nSPS) is 11.4. The van der Waals surface area contributed by atoms with Gasteiger partial charge in [0.15, 0.2) is 0 Å². The van der Waals surface area contributed by atoms with E-state index < -0.39 is 0 Å². The van der Waals surface area contributed by atoms with Crippen LogP contribution in [0, 0.1) is 0 Å². The number of phenolic OH excluding ortho intramolecular Hbond substituents is 4. The summed E-state index contributed by atoms with van der Waals surface area (Å²) in [6.07, 6.45) is 7.38. The molecule has 3 rings (SSSR count). The van der Waals surface area contributed by atoms with Gasteiger partial charge in [-0.05, 0) is 46.5 Å². The molecule has 0 fully saturated rings. The van der Waals surface area contributed by atoms with Crippen molar-refractivity contribution in [1.82, 2.24) is 0 Å². The SMILES string of the molecule is Oc1cc(O)cc(/C=C/c2ccc(/C=C/c3cc(O)cc(O)c3)cc2)c1. The van der Waals surface area contributed by atoms with Gasteiger partial charge in [-0.25, -0.2) is 0 Å². The van der Waals surface area contributed by atoms with E-state index in [4.69, 9.17) is 0 Å². The van der Waals surface area contributed by atoms with E-state index in [1.54, 1.807) is 36.4 Å². The second kappa shape index (κ2) is 7.49. The maximum Gasteiger partial charge on any atom is 0.119 e. The summed E-state index contributed by atoms with van der Waals surface area (Å²) in [7, 11) is 0. The quantitative estimate of drug-likeness (QED) is 0.509. The molecule has 0 aliphatic rings. The Morgan fingerprint density at radius 2 is 0.654 bits per heavy atom. The molecule has 0 heterocycles. The van der Waals surface area contributed by atoms with Crippen molar-refractivity contribution in [1.29, 1.82) is 0 Å². The summed E-state index contributed by atoms with van der Waals surface area (Å²) in [6, 6.07) is 16.6. The molecule has 0 spiro atoms. The predicted molar refractivity (Wildman–Crippen MR) is 104 cm³/mol. The molecule has 3 aromatic carbocycles. The summed E-state index contributed by atoms with van der Waals surface area (Å²) < 4.78 is 0. The Morgan fingerprint density at radius 1 is 0.385 bits per heavy atom. The number of hydrogen-bond donors (Lipinski definition) is 4. The molecule has 0 atom stereocenters. The minimum Gasteiger partial charge on any atom is -0.508 e. The summed E-state index contributed by atoms with van der Waals surface area (Å²) in [4.78, 5) is 0. The zero-order valence-corrected chi connectivity index (χ0v) is 13.9. The van der Waals surface area contributed by atoms with Crippen LogP contribution in [0.5, 0.6) is 23.0 Å². The summed E-state index contributed by atoms with van der Waals surface area (Å²) in [5.41, 5.74) is 3.35. The molecule has 26 heavy (non-hydrogen) atoms. The summed E-state index contributed by atoms with van der Waals surface area (Å²) in [5.74, 6) is 0.0671. The van der Waals surface area contributed by atoms with Crippen molar-refractivity contribution in [3.8, 4) is 23.0 Å². The van der Waals surface area contributed by atoms with Gasteiger partial charge in [-0.3, -0.25) is 0 Å². The van der Waals surface area contributed by atoms with Crippen molar-refractivity contribution in [3.63, 3.8) is 0 Å². The van der Waals surface area contributed by atoms with E-state index in [2.05, 4.69) is 0 Å². The molecule has 0 aliphatic heterocycles. The lowest BCUT2D eigenvalue weighted by Gasteiger charge is -2.00. The predicted octanol–water partition coefficient (Wildman–Crippen LogP) is 4.85. The zero-order chi connectivity index (χ0) is 18.5. The number of aromatic hydroxyl groups is 4. The Balaban J connectivity index is 1.71. The van der Waals surface area contributed by atoms with Gasteiger partial charge in [-0.2, -0.15) is 0 Å². The highest BCUT2D eigenvalue weighted by molar-refractivity contribution is 5.74. The van der Waals surface area contributed by atoms with Crippen molar-refractivity contribution in [2.24, 2.45) is 0 Å². The Morgan fingerprint density at radius 3 is 0.962 bits per heavy atom. The molecule has 4 nitrogen and oxygen atoms in total. The maximum absolute atomic E-state index is 9.48. The summed E-state index contributed by atoms with van der Waals surface area (Å²) >= 11 is 0. The average Bonchev–Trinajstić information content (AvgIpc) is 2.57. The number of rotatable bonds is 4. The molecule has 3 aromatic rings. The molecule has 0 aliphatic carbocycles. The fraction of sp³-hybridized carbons (Fsp3) is 0. The lowest BCUT2D eigenvalue weighted by Crippen LogP contribution is -1.77. The van der Waals surface area contributed by atoms with Gasteiger partial charge >= 0.3 is 0 Å². The van der Waals surface area contributed by atoms with Gasteiger partial charge in [0.25, 0.3) is 0 Å². The van der Waals surface area contributed by atoms with Gasteiger partial charge in [0.2, 0.25) is 0 Å². The Bertz CT molecular complexity index is 849. The molecule has 0 saturated carbocycles. The maximum atomic E-state index is 9.48. The van der Waals surface area contributed by atoms with E-state index in [0.29, 0.717) is 11.1 Å². The molecular formula is C22H18O4. The van der Waals surface area contributed by atoms with Gasteiger partial charge in [0.05, 0.1) is 0 Å². The highest BCUT2D eigenvalue weighted by atomic mass is 16.3. The lowest BCUT2D eigenvalue weighted by molar-refractivity contribution is 0.449. The van der Waals surface area contributed by atoms with Crippen molar-refractivity contribution < 1.29 is 20.4 Å². The molecule has 0 radical (unpaired) electrons. The smallest absolute Gasteiger partial charge is 0.119 e. The Kier molecular flexibility index (Phi) is 4.94. The van der Waals surface area contributed by atoms with Gasteiger partial charge in [0, 0.05) is 12.1 Å². The number of benzene rings is 3. The van der Waals surface area contributed by atoms with Crippen LogP contribution in [0.15, 0.2) is 60.7 Å². The Labute approximate surface area is 151 Å². The summed E-state index contributed by atoms with van der Waals surface area (Å²) in [5, 5.41) is 37.9. The van der Waals surface area contributed by atoms with Crippen molar-refractivity contribution in [2.75, 3.05) is 0 Å². The first kappa shape index (κ1) is 17.2. The standard InChI is InChI=1S/C22H18O4/c23-19-9-17(10-20(24)13-19)7-5-15-1-2-16(4-3-15)6-8-18-11-21(25)14-22(26)12-18/h1-14,23-26H/b7-5+,8-6+. The molecule has 0 unspecified atom stereocenters. The van der Waals surface area contributed by atoms with E-state index in [0.717, 1.165) is 11.1 Å². The molecule has 0 amide bonds. The third kappa shape index (κ3) is 4.68. The van der Waals surface area contributed by atoms with E-state index in [-0.39, 0.29) is 23.0 Å². The van der Waals surface area contributed by atoms with Crippen LogP contribution >= 0.6 is 0 Å². The fourth-order valence-corrected chi connectivity index (χ4v) is 2.53. The number of phenols is 4. The second-order valence-electron chi connectivity index (χ2n) is 5.90. The molecule has 130 valence electrons. The van der Waals surface area contributed by atoms with Gasteiger partial charge in [-0.15, -0.1) is 0 Å². The van der Waals surface area contributed by atoms with Crippen LogP contribution in [0.4, 0.5) is 0 Å². The van der Waals surface area contributed by atoms with Crippen molar-refractivity contribution in [2.45, 2.75) is 0 Å². The highest BCUT2D eigenvalue weighted by Gasteiger charge is 1.97. The van der Waals surface area contributed by atoms with Crippen LogP contribution in [-0.2, 0) is 0 Å². The molecular weight excluding hydrogens is 328 g/mol. The first-order valence-corrected chi connectivity index (χ1v) is 8.00. The minimum atomic E-state index is 0.0168. The lowest BCUT2D eigenvalue weighted by atomic mass is 10.1. The minimum absolute atomic E-state index is 0.0168. The Hall–Kier alpha value is -3.66. The highest BCUT2D eigenvalue weighted by Crippen LogP contribution is 2.23. The molecule has 4 heteroatoms. The second-order valence-corrected chi connectivity index (χ2v) is 5.90. The van der Waals surface area contributed by atoms with Gasteiger partial charge < -0.3 is 20.4 Å². The largest absolute Gasteiger partial charge is 0.508 e. The van der Waals surface area contributed by atoms with E-state index in [1.165, 1.54) is 12.1 Å². The first-order valence-electron chi connectivity index (χ1n) is 8.00. The van der Waals surface area contributed by atoms with Crippen LogP contribution in [0.3, 0.4) is 0 Å². The van der Waals surface area contributed by atoms with Crippen LogP contribution < -0.4 is 0 Å². The van der Waals surface area contributed by atoms with E-state index >= 15 is 0 Å². The average molecular weight is 346 g/mol. The van der Waals surface area contributed by atoms with Crippen LogP contribution in [-0.4, -0.2) is 20.4 Å². The molecule has 0 saturated heterocycles. The molecule has 0 bridgehead atoms. The monoisotopic (exact) mass is 346 g/mol. The van der Waals surface area contributed by atoms with Crippen molar-refractivity contribution in [3.05, 3.63) is 82.9 Å². The third-order valence-corrected chi connectivity index (χ3v) is 3.72. The van der Waals surface area contributed by atoms with Gasteiger partial charge in [0.1, 0.15) is 23.0 Å². The van der Waals surface area contributed by atoms with Crippen LogP contribution in [0.25, 0.3) is 24.3 Å². The summed E-state index contributed by atoms with van der Waals surface area (Å²) in [6.45, 7) is 0. The fourth-order valence-electron chi connectivity index (χ4n) is 2.53. The van der Waals surface area contributed by atoms with E-state index in [1.807, 2.05) is 36.4 Å².